The van der Waals surface area contributed by atoms with Crippen molar-refractivity contribution in [3.8, 4) is 0 Å². The van der Waals surface area contributed by atoms with E-state index in [0.29, 0.717) is 0 Å². The van der Waals surface area contributed by atoms with E-state index in [2.05, 4.69) is 6.58 Å². The first-order chi connectivity index (χ1) is 4.81. The Labute approximate surface area is 63.1 Å². The van der Waals surface area contributed by atoms with Crippen LogP contribution in [0.5, 0.6) is 0 Å². The molecule has 0 radical (unpaired) electrons. The van der Waals surface area contributed by atoms with Gasteiger partial charge in [-0.3, -0.25) is 0 Å². The van der Waals surface area contributed by atoms with Gasteiger partial charge >= 0.3 is 0 Å². The third kappa shape index (κ3) is 5.79. The van der Waals surface area contributed by atoms with Crippen LogP contribution in [0.1, 0.15) is 19.8 Å². The number of hydrogen-bond acceptors (Lipinski definition) is 2. The summed E-state index contributed by atoms with van der Waals surface area (Å²) in [6.07, 6.45) is 4.07. The zero-order chi connectivity index (χ0) is 7.82. The van der Waals surface area contributed by atoms with Crippen LogP contribution in [0.25, 0.3) is 0 Å². The van der Waals surface area contributed by atoms with Crippen molar-refractivity contribution in [3.63, 3.8) is 0 Å². The normalized spacial score (nSPS) is 13.0. The molecule has 0 amide bonds. The molecule has 0 aliphatic heterocycles. The molecule has 0 aliphatic rings. The molecule has 10 heavy (non-hydrogen) atoms. The molecular weight excluding hydrogens is 126 g/mol. The summed E-state index contributed by atoms with van der Waals surface area (Å²) in [7, 11) is 0. The number of ether oxygens (including phenoxy) is 1. The van der Waals surface area contributed by atoms with Crippen molar-refractivity contribution >= 4 is 0 Å². The fourth-order valence-electron chi connectivity index (χ4n) is 0.584. The molecule has 1 unspecified atom stereocenters. The standard InChI is InChI=1S/C8H17NO/c1-3-8(2)10-7-5-4-6-9/h3,8H,1,4-7,9H2,2H3. The molecule has 0 aromatic heterocycles. The smallest absolute Gasteiger partial charge is 0.0725 e. The molecule has 0 spiro atoms. The highest BCUT2D eigenvalue weighted by atomic mass is 16.5. The van der Waals surface area contributed by atoms with Crippen molar-refractivity contribution in [1.29, 1.82) is 0 Å². The highest BCUT2D eigenvalue weighted by Crippen LogP contribution is 1.94. The second-order valence-corrected chi connectivity index (χ2v) is 2.31. The molecule has 0 saturated heterocycles. The van der Waals surface area contributed by atoms with E-state index in [0.717, 1.165) is 26.0 Å². The molecule has 0 heterocycles. The molecule has 0 aromatic carbocycles. The lowest BCUT2D eigenvalue weighted by atomic mass is 10.3. The van der Waals surface area contributed by atoms with Gasteiger partial charge < -0.3 is 10.5 Å². The molecule has 1 atom stereocenters. The molecule has 0 aliphatic carbocycles. The SMILES string of the molecule is C=CC(C)OCCCCN. The van der Waals surface area contributed by atoms with E-state index in [1.165, 1.54) is 0 Å². The first kappa shape index (κ1) is 9.66. The first-order valence-corrected chi connectivity index (χ1v) is 3.75. The van der Waals surface area contributed by atoms with Gasteiger partial charge in [-0.2, -0.15) is 0 Å². The highest BCUT2D eigenvalue weighted by Gasteiger charge is 1.93. The Morgan fingerprint density at radius 3 is 2.80 bits per heavy atom. The van der Waals surface area contributed by atoms with Gasteiger partial charge in [0.05, 0.1) is 6.10 Å². The Balaban J connectivity index is 2.95. The summed E-state index contributed by atoms with van der Waals surface area (Å²) in [6, 6.07) is 0. The number of rotatable bonds is 6. The van der Waals surface area contributed by atoms with Crippen molar-refractivity contribution in [3.05, 3.63) is 12.7 Å². The molecule has 2 nitrogen and oxygen atoms in total. The maximum absolute atomic E-state index is 5.32. The van der Waals surface area contributed by atoms with Crippen molar-refractivity contribution in [2.45, 2.75) is 25.9 Å². The van der Waals surface area contributed by atoms with Gasteiger partial charge in [-0.05, 0) is 26.3 Å². The molecule has 0 bridgehead atoms. The van der Waals surface area contributed by atoms with Crippen molar-refractivity contribution in [1.82, 2.24) is 0 Å². The summed E-state index contributed by atoms with van der Waals surface area (Å²) in [6.45, 7) is 7.14. The van der Waals surface area contributed by atoms with Crippen LogP contribution in [0.15, 0.2) is 12.7 Å². The summed E-state index contributed by atoms with van der Waals surface area (Å²) in [5.41, 5.74) is 5.30. The summed E-state index contributed by atoms with van der Waals surface area (Å²) in [5, 5.41) is 0. The third-order valence-electron chi connectivity index (χ3n) is 1.31. The van der Waals surface area contributed by atoms with E-state index in [4.69, 9.17) is 10.5 Å². The Hall–Kier alpha value is -0.340. The number of nitrogens with two attached hydrogens (primary N) is 1. The van der Waals surface area contributed by atoms with E-state index in [9.17, 15) is 0 Å². The predicted molar refractivity (Wildman–Crippen MR) is 43.9 cm³/mol. The van der Waals surface area contributed by atoms with Crippen LogP contribution in [0, 0.1) is 0 Å². The fourth-order valence-corrected chi connectivity index (χ4v) is 0.584. The predicted octanol–water partition coefficient (Wildman–Crippen LogP) is 1.32. The monoisotopic (exact) mass is 143 g/mol. The van der Waals surface area contributed by atoms with E-state index in [1.54, 1.807) is 6.08 Å². The van der Waals surface area contributed by atoms with E-state index >= 15 is 0 Å². The zero-order valence-corrected chi connectivity index (χ0v) is 6.68. The lowest BCUT2D eigenvalue weighted by Crippen LogP contribution is -2.07. The van der Waals surface area contributed by atoms with Gasteiger partial charge in [-0.25, -0.2) is 0 Å². The topological polar surface area (TPSA) is 35.2 Å². The van der Waals surface area contributed by atoms with Crippen LogP contribution in [0.3, 0.4) is 0 Å². The fraction of sp³-hybridized carbons (Fsp3) is 0.750. The van der Waals surface area contributed by atoms with Gasteiger partial charge in [0.1, 0.15) is 0 Å². The minimum absolute atomic E-state index is 0.178. The number of hydrogen-bond donors (Lipinski definition) is 1. The van der Waals surface area contributed by atoms with E-state index < -0.39 is 0 Å². The Morgan fingerprint density at radius 2 is 2.30 bits per heavy atom. The quantitative estimate of drug-likeness (QED) is 0.449. The van der Waals surface area contributed by atoms with Gasteiger partial charge in [0.15, 0.2) is 0 Å². The van der Waals surface area contributed by atoms with Crippen LogP contribution in [-0.2, 0) is 4.74 Å². The molecular formula is C8H17NO. The van der Waals surface area contributed by atoms with Crippen LogP contribution < -0.4 is 5.73 Å². The van der Waals surface area contributed by atoms with E-state index in [-0.39, 0.29) is 6.10 Å². The molecule has 0 saturated carbocycles. The Kier molecular flexibility index (Phi) is 6.55. The molecule has 0 rings (SSSR count). The second-order valence-electron chi connectivity index (χ2n) is 2.31. The van der Waals surface area contributed by atoms with Gasteiger partial charge in [-0.15, -0.1) is 6.58 Å². The van der Waals surface area contributed by atoms with Crippen LogP contribution in [0.4, 0.5) is 0 Å². The van der Waals surface area contributed by atoms with Gasteiger partial charge in [-0.1, -0.05) is 6.08 Å². The maximum atomic E-state index is 5.32. The molecule has 2 heteroatoms. The zero-order valence-electron chi connectivity index (χ0n) is 6.68. The second kappa shape index (κ2) is 6.78. The Morgan fingerprint density at radius 1 is 1.60 bits per heavy atom. The summed E-state index contributed by atoms with van der Waals surface area (Å²) in [5.74, 6) is 0. The van der Waals surface area contributed by atoms with Gasteiger partial charge in [0.2, 0.25) is 0 Å². The summed E-state index contributed by atoms with van der Waals surface area (Å²) in [4.78, 5) is 0. The van der Waals surface area contributed by atoms with E-state index in [1.807, 2.05) is 6.92 Å². The van der Waals surface area contributed by atoms with Gasteiger partial charge in [0, 0.05) is 6.61 Å². The number of unbranched alkanes of at least 4 members (excludes halogenated alkanes) is 1. The van der Waals surface area contributed by atoms with Crippen LogP contribution >= 0.6 is 0 Å². The minimum Gasteiger partial charge on any atom is -0.374 e. The molecule has 0 fully saturated rings. The Bertz CT molecular complexity index is 83.3. The summed E-state index contributed by atoms with van der Waals surface area (Å²) < 4.78 is 5.32. The summed E-state index contributed by atoms with van der Waals surface area (Å²) >= 11 is 0. The van der Waals surface area contributed by atoms with Crippen molar-refractivity contribution in [2.24, 2.45) is 5.73 Å². The van der Waals surface area contributed by atoms with Crippen molar-refractivity contribution in [2.75, 3.05) is 13.2 Å². The minimum atomic E-state index is 0.178. The largest absolute Gasteiger partial charge is 0.374 e. The molecule has 2 N–H and O–H groups in total. The lowest BCUT2D eigenvalue weighted by molar-refractivity contribution is 0.0949. The highest BCUT2D eigenvalue weighted by molar-refractivity contribution is 4.74. The third-order valence-corrected chi connectivity index (χ3v) is 1.31. The maximum Gasteiger partial charge on any atom is 0.0725 e. The average Bonchev–Trinajstić information content (AvgIpc) is 1.98. The molecule has 60 valence electrons. The van der Waals surface area contributed by atoms with Gasteiger partial charge in [0.25, 0.3) is 0 Å². The molecule has 0 aromatic rings. The lowest BCUT2D eigenvalue weighted by Gasteiger charge is -2.06. The van der Waals surface area contributed by atoms with Crippen LogP contribution in [-0.4, -0.2) is 19.3 Å². The average molecular weight is 143 g/mol. The van der Waals surface area contributed by atoms with Crippen LogP contribution in [0.2, 0.25) is 0 Å². The first-order valence-electron chi connectivity index (χ1n) is 3.75. The van der Waals surface area contributed by atoms with Crippen molar-refractivity contribution < 1.29 is 4.74 Å².